The molecule has 104 valence electrons. The highest BCUT2D eigenvalue weighted by Gasteiger charge is 2.19. The zero-order chi connectivity index (χ0) is 13.9. The van der Waals surface area contributed by atoms with Crippen LogP contribution in [0.4, 0.5) is 0 Å². The van der Waals surface area contributed by atoms with Crippen molar-refractivity contribution in [1.82, 2.24) is 19.5 Å². The van der Waals surface area contributed by atoms with Crippen molar-refractivity contribution < 1.29 is 13.5 Å². The monoisotopic (exact) mass is 302 g/mol. The van der Waals surface area contributed by atoms with E-state index >= 15 is 0 Å². The van der Waals surface area contributed by atoms with Crippen molar-refractivity contribution in [3.05, 3.63) is 28.5 Å². The Balaban J connectivity index is 2.14. The third kappa shape index (κ3) is 3.00. The van der Waals surface area contributed by atoms with Gasteiger partial charge in [0.05, 0.1) is 18.0 Å². The van der Waals surface area contributed by atoms with Crippen LogP contribution >= 0.6 is 11.3 Å². The molecule has 2 aromatic heterocycles. The van der Waals surface area contributed by atoms with E-state index in [0.717, 1.165) is 0 Å². The van der Waals surface area contributed by atoms with Gasteiger partial charge in [-0.15, -0.1) is 21.5 Å². The first kappa shape index (κ1) is 14.1. The minimum absolute atomic E-state index is 0.0664. The largest absolute Gasteiger partial charge is 0.391 e. The number of rotatable bonds is 6. The Bertz CT molecular complexity index is 647. The predicted octanol–water partition coefficient (Wildman–Crippen LogP) is 0.330. The topological polar surface area (TPSA) is 97.1 Å². The first-order valence-electron chi connectivity index (χ1n) is 5.62. The third-order valence-corrected chi connectivity index (χ3v) is 5.12. The van der Waals surface area contributed by atoms with Crippen LogP contribution in [-0.2, 0) is 29.7 Å². The second-order valence-corrected chi connectivity index (χ2v) is 6.46. The summed E-state index contributed by atoms with van der Waals surface area (Å²) in [6.45, 7) is 2.37. The van der Waals surface area contributed by atoms with Gasteiger partial charge < -0.3 is 9.67 Å². The van der Waals surface area contributed by atoms with Crippen LogP contribution in [0.25, 0.3) is 0 Å². The number of thiophene rings is 1. The molecule has 2 aromatic rings. The van der Waals surface area contributed by atoms with Crippen LogP contribution in [-0.4, -0.2) is 28.3 Å². The smallest absolute Gasteiger partial charge is 0.242 e. The molecule has 0 atom stereocenters. The number of nitrogens with zero attached hydrogens (tertiary/aromatic N) is 3. The number of aromatic nitrogens is 3. The first-order chi connectivity index (χ1) is 9.08. The Morgan fingerprint density at radius 2 is 2.32 bits per heavy atom. The molecule has 0 fully saturated rings. The molecule has 2 heterocycles. The minimum Gasteiger partial charge on any atom is -0.391 e. The van der Waals surface area contributed by atoms with Crippen molar-refractivity contribution in [2.45, 2.75) is 31.5 Å². The Morgan fingerprint density at radius 3 is 3.00 bits per heavy atom. The summed E-state index contributed by atoms with van der Waals surface area (Å²) in [5.41, 5.74) is 0. The lowest BCUT2D eigenvalue weighted by atomic mass is 10.5. The highest BCUT2D eigenvalue weighted by molar-refractivity contribution is 7.89. The van der Waals surface area contributed by atoms with Gasteiger partial charge in [0, 0.05) is 11.4 Å². The summed E-state index contributed by atoms with van der Waals surface area (Å²) >= 11 is 1.21. The molecular weight excluding hydrogens is 288 g/mol. The van der Waals surface area contributed by atoms with Crippen molar-refractivity contribution in [1.29, 1.82) is 0 Å². The number of hydrogen-bond donors (Lipinski definition) is 2. The van der Waals surface area contributed by atoms with Gasteiger partial charge >= 0.3 is 0 Å². The first-order valence-corrected chi connectivity index (χ1v) is 7.98. The second-order valence-electron chi connectivity index (χ2n) is 3.72. The minimum atomic E-state index is -3.64. The standard InChI is InChI=1S/C10H14N4O3S2/c1-2-14-7-11-13-10(14)5-12-19(16,17)9-3-4-18-8(9)6-15/h3-4,7,12,15H,2,5-6H2,1H3. The van der Waals surface area contributed by atoms with E-state index in [1.807, 2.05) is 6.92 Å². The molecule has 0 amide bonds. The fourth-order valence-corrected chi connectivity index (χ4v) is 3.87. The van der Waals surface area contributed by atoms with Crippen molar-refractivity contribution >= 4 is 21.4 Å². The summed E-state index contributed by atoms with van der Waals surface area (Å²) in [5, 5.41) is 18.3. The van der Waals surface area contributed by atoms with E-state index < -0.39 is 10.0 Å². The molecule has 0 aliphatic rings. The Labute approximate surface area is 115 Å². The van der Waals surface area contributed by atoms with Gasteiger partial charge in [-0.25, -0.2) is 13.1 Å². The van der Waals surface area contributed by atoms with Gasteiger partial charge in [0.25, 0.3) is 0 Å². The van der Waals surface area contributed by atoms with E-state index in [9.17, 15) is 8.42 Å². The zero-order valence-electron chi connectivity index (χ0n) is 10.3. The molecule has 0 radical (unpaired) electrons. The summed E-state index contributed by atoms with van der Waals surface area (Å²) in [4.78, 5) is 0.534. The lowest BCUT2D eigenvalue weighted by molar-refractivity contribution is 0.282. The molecule has 0 saturated carbocycles. The summed E-state index contributed by atoms with van der Waals surface area (Å²) < 4.78 is 28.4. The maximum absolute atomic E-state index is 12.1. The maximum Gasteiger partial charge on any atom is 0.242 e. The Morgan fingerprint density at radius 1 is 1.53 bits per heavy atom. The fourth-order valence-electron chi connectivity index (χ4n) is 1.60. The van der Waals surface area contributed by atoms with Gasteiger partial charge in [-0.05, 0) is 18.4 Å². The van der Waals surface area contributed by atoms with E-state index in [0.29, 0.717) is 17.2 Å². The number of nitrogens with one attached hydrogen (secondary N) is 1. The molecule has 0 spiro atoms. The van der Waals surface area contributed by atoms with Gasteiger partial charge in [0.15, 0.2) is 0 Å². The van der Waals surface area contributed by atoms with Gasteiger partial charge in [-0.1, -0.05) is 0 Å². The van der Waals surface area contributed by atoms with Crippen molar-refractivity contribution in [2.75, 3.05) is 0 Å². The van der Waals surface area contributed by atoms with Crippen molar-refractivity contribution in [3.63, 3.8) is 0 Å². The van der Waals surface area contributed by atoms with E-state index in [4.69, 9.17) is 5.11 Å². The molecule has 2 rings (SSSR count). The van der Waals surface area contributed by atoms with Gasteiger partial charge in [0.1, 0.15) is 12.2 Å². The number of sulfonamides is 1. The lowest BCUT2D eigenvalue weighted by Crippen LogP contribution is -2.25. The summed E-state index contributed by atoms with van der Waals surface area (Å²) in [6.07, 6.45) is 1.55. The van der Waals surface area contributed by atoms with Crippen molar-refractivity contribution in [3.8, 4) is 0 Å². The highest BCUT2D eigenvalue weighted by atomic mass is 32.2. The molecule has 0 aromatic carbocycles. The van der Waals surface area contributed by atoms with E-state index in [-0.39, 0.29) is 18.0 Å². The molecule has 0 unspecified atom stereocenters. The van der Waals surface area contributed by atoms with E-state index in [1.54, 1.807) is 16.3 Å². The second kappa shape index (κ2) is 5.78. The van der Waals surface area contributed by atoms with Crippen LogP contribution in [0, 0.1) is 0 Å². The van der Waals surface area contributed by atoms with E-state index in [2.05, 4.69) is 14.9 Å². The summed E-state index contributed by atoms with van der Waals surface area (Å²) in [7, 11) is -3.64. The molecule has 0 aliphatic heterocycles. The molecular formula is C10H14N4O3S2. The number of hydrogen-bond acceptors (Lipinski definition) is 6. The molecule has 0 aliphatic carbocycles. The van der Waals surface area contributed by atoms with Gasteiger partial charge in [-0.2, -0.15) is 0 Å². The number of aliphatic hydroxyl groups excluding tert-OH is 1. The van der Waals surface area contributed by atoms with E-state index in [1.165, 1.54) is 17.4 Å². The normalized spacial score (nSPS) is 11.9. The van der Waals surface area contributed by atoms with Crippen LogP contribution in [0.2, 0.25) is 0 Å². The Hall–Kier alpha value is -1.29. The van der Waals surface area contributed by atoms with Crippen LogP contribution < -0.4 is 4.72 Å². The van der Waals surface area contributed by atoms with Gasteiger partial charge in [-0.3, -0.25) is 0 Å². The molecule has 7 nitrogen and oxygen atoms in total. The van der Waals surface area contributed by atoms with Crippen LogP contribution in [0.1, 0.15) is 17.6 Å². The average Bonchev–Trinajstić information content (AvgIpc) is 3.04. The van der Waals surface area contributed by atoms with Crippen molar-refractivity contribution in [2.24, 2.45) is 0 Å². The van der Waals surface area contributed by atoms with Gasteiger partial charge in [0.2, 0.25) is 10.0 Å². The third-order valence-electron chi connectivity index (χ3n) is 2.59. The summed E-state index contributed by atoms with van der Waals surface area (Å²) in [5.74, 6) is 0.548. The molecule has 2 N–H and O–H groups in total. The lowest BCUT2D eigenvalue weighted by Gasteiger charge is -2.07. The number of aliphatic hydroxyl groups is 1. The van der Waals surface area contributed by atoms with Crippen LogP contribution in [0.3, 0.4) is 0 Å². The average molecular weight is 302 g/mol. The molecule has 0 bridgehead atoms. The van der Waals surface area contributed by atoms with Crippen LogP contribution in [0.5, 0.6) is 0 Å². The number of aryl methyl sites for hydroxylation is 1. The fraction of sp³-hybridized carbons (Fsp3) is 0.400. The molecule has 19 heavy (non-hydrogen) atoms. The maximum atomic E-state index is 12.1. The van der Waals surface area contributed by atoms with Crippen LogP contribution in [0.15, 0.2) is 22.7 Å². The molecule has 0 saturated heterocycles. The molecule has 9 heteroatoms. The Kier molecular flexibility index (Phi) is 4.30. The summed E-state index contributed by atoms with van der Waals surface area (Å²) in [6, 6.07) is 1.48. The highest BCUT2D eigenvalue weighted by Crippen LogP contribution is 2.21. The predicted molar refractivity (Wildman–Crippen MR) is 70.0 cm³/mol. The SMILES string of the molecule is CCn1cnnc1CNS(=O)(=O)c1ccsc1CO. The quantitative estimate of drug-likeness (QED) is 0.801. The zero-order valence-corrected chi connectivity index (χ0v) is 11.9.